The molecule has 0 saturated heterocycles. The predicted octanol–water partition coefficient (Wildman–Crippen LogP) is 3.44. The largest absolute Gasteiger partial charge is 0.303 e. The molecule has 4 aliphatic rings. The van der Waals surface area contributed by atoms with Gasteiger partial charge in [-0.15, -0.1) is 0 Å². The van der Waals surface area contributed by atoms with Gasteiger partial charge >= 0.3 is 5.54 Å². The summed E-state index contributed by atoms with van der Waals surface area (Å²) in [4.78, 5) is 51.0. The highest BCUT2D eigenvalue weighted by atomic mass is 16.6. The second-order valence-electron chi connectivity index (χ2n) is 8.08. The lowest BCUT2D eigenvalue weighted by molar-refractivity contribution is -0.554. The number of carbonyl (C=O) groups is 2. The van der Waals surface area contributed by atoms with Crippen molar-refractivity contribution in [1.29, 1.82) is 0 Å². The smallest absolute Gasteiger partial charge is 0.269 e. The van der Waals surface area contributed by atoms with Gasteiger partial charge in [-0.2, -0.15) is 0 Å². The number of nitrogens with zero attached hydrogens (tertiary/aromatic N) is 3. The highest BCUT2D eigenvalue weighted by Gasteiger charge is 2.68. The van der Waals surface area contributed by atoms with Crippen molar-refractivity contribution < 1.29 is 19.4 Å². The van der Waals surface area contributed by atoms with Gasteiger partial charge in [-0.25, -0.2) is 4.90 Å². The first-order chi connectivity index (χ1) is 15.9. The molecule has 9 heteroatoms. The summed E-state index contributed by atoms with van der Waals surface area (Å²) in [5, 5.41) is 23.8. The average molecular weight is 439 g/mol. The summed E-state index contributed by atoms with van der Waals surface area (Å²) >= 11 is 0. The lowest BCUT2D eigenvalue weighted by Gasteiger charge is -2.42. The van der Waals surface area contributed by atoms with Gasteiger partial charge in [0.1, 0.15) is 5.57 Å². The van der Waals surface area contributed by atoms with Gasteiger partial charge in [0, 0.05) is 39.7 Å². The van der Waals surface area contributed by atoms with Gasteiger partial charge in [-0.3, -0.25) is 29.8 Å². The number of carbonyl (C=O) groups excluding carboxylic acids is 2. The number of hydrogen-bond donors (Lipinski definition) is 0. The molecule has 160 valence electrons. The van der Waals surface area contributed by atoms with Crippen LogP contribution in [0.5, 0.6) is 0 Å². The van der Waals surface area contributed by atoms with Crippen molar-refractivity contribution in [3.8, 4) is 0 Å². The van der Waals surface area contributed by atoms with Crippen molar-refractivity contribution in [2.24, 2.45) is 0 Å². The van der Waals surface area contributed by atoms with E-state index in [4.69, 9.17) is 0 Å². The van der Waals surface area contributed by atoms with Crippen molar-refractivity contribution in [3.05, 3.63) is 126 Å². The minimum absolute atomic E-state index is 0.0902. The van der Waals surface area contributed by atoms with Crippen molar-refractivity contribution >= 4 is 23.2 Å². The molecule has 0 saturated carbocycles. The van der Waals surface area contributed by atoms with E-state index in [0.29, 0.717) is 22.3 Å². The molecule has 0 N–H and O–H groups in total. The zero-order chi connectivity index (χ0) is 23.1. The zero-order valence-electron chi connectivity index (χ0n) is 16.8. The van der Waals surface area contributed by atoms with Crippen LogP contribution in [-0.2, 0) is 15.1 Å². The van der Waals surface area contributed by atoms with E-state index in [9.17, 15) is 29.8 Å². The molecular weight excluding hydrogens is 426 g/mol. The molecule has 7 rings (SSSR count). The Balaban J connectivity index is 1.63. The summed E-state index contributed by atoms with van der Waals surface area (Å²) in [5.41, 5.74) is -0.150. The highest BCUT2D eigenvalue weighted by Crippen LogP contribution is 2.61. The molecule has 0 spiro atoms. The van der Waals surface area contributed by atoms with Crippen LogP contribution in [-0.4, -0.2) is 21.7 Å². The molecule has 1 heterocycles. The first kappa shape index (κ1) is 19.1. The van der Waals surface area contributed by atoms with Gasteiger partial charge < -0.3 is 0 Å². The molecule has 3 aromatic rings. The number of imide groups is 1. The molecule has 0 unspecified atom stereocenters. The van der Waals surface area contributed by atoms with E-state index in [0.717, 1.165) is 4.90 Å². The second-order valence-corrected chi connectivity index (χ2v) is 8.08. The summed E-state index contributed by atoms with van der Waals surface area (Å²) in [6, 6.07) is 18.6. The minimum Gasteiger partial charge on any atom is -0.269 e. The molecule has 3 aliphatic carbocycles. The van der Waals surface area contributed by atoms with Crippen LogP contribution in [0.2, 0.25) is 0 Å². The SMILES string of the molecule is O=C1C2=C(C(=O)N1c1ccc([N+](=O)[O-])cc1)C1([N+](=O)[O-])c3ccccc3C2c2ccccc21. The quantitative estimate of drug-likeness (QED) is 0.350. The van der Waals surface area contributed by atoms with E-state index in [1.54, 1.807) is 48.5 Å². The molecule has 0 fully saturated rings. The normalized spacial score (nSPS) is 22.2. The standard InChI is InChI=1S/C24H13N3O6/c28-22-20-19-15-5-1-3-7-17(15)24(27(32)33,18-8-4-2-6-16(18)19)21(20)23(29)25(22)13-9-11-14(12-10-13)26(30)31/h1-12,19H. The molecule has 33 heavy (non-hydrogen) atoms. The zero-order valence-corrected chi connectivity index (χ0v) is 16.8. The van der Waals surface area contributed by atoms with Crippen molar-refractivity contribution in [2.45, 2.75) is 11.5 Å². The molecule has 0 radical (unpaired) electrons. The van der Waals surface area contributed by atoms with Crippen LogP contribution in [0.15, 0.2) is 83.9 Å². The van der Waals surface area contributed by atoms with Gasteiger partial charge in [0.05, 0.1) is 10.6 Å². The van der Waals surface area contributed by atoms with Crippen molar-refractivity contribution in [1.82, 2.24) is 0 Å². The highest BCUT2D eigenvalue weighted by molar-refractivity contribution is 6.35. The fourth-order valence-electron chi connectivity index (χ4n) is 5.46. The van der Waals surface area contributed by atoms with Crippen LogP contribution in [0.1, 0.15) is 28.2 Å². The van der Waals surface area contributed by atoms with Crippen LogP contribution in [0.3, 0.4) is 0 Å². The number of rotatable bonds is 3. The van der Waals surface area contributed by atoms with Gasteiger partial charge in [0.25, 0.3) is 17.5 Å². The maximum absolute atomic E-state index is 13.7. The fraction of sp³-hybridized carbons (Fsp3) is 0.0833. The summed E-state index contributed by atoms with van der Waals surface area (Å²) in [6.45, 7) is 0. The maximum atomic E-state index is 13.7. The predicted molar refractivity (Wildman–Crippen MR) is 115 cm³/mol. The third-order valence-electron chi connectivity index (χ3n) is 6.69. The minimum atomic E-state index is -2.01. The number of nitro groups is 2. The Bertz CT molecular complexity index is 1430. The lowest BCUT2D eigenvalue weighted by atomic mass is 9.57. The summed E-state index contributed by atoms with van der Waals surface area (Å²) < 4.78 is 0. The third kappa shape index (κ3) is 2.10. The molecule has 3 aromatic carbocycles. The van der Waals surface area contributed by atoms with Crippen molar-refractivity contribution in [3.63, 3.8) is 0 Å². The van der Waals surface area contributed by atoms with E-state index < -0.39 is 33.1 Å². The van der Waals surface area contributed by atoms with Crippen LogP contribution in [0.4, 0.5) is 11.4 Å². The molecule has 2 bridgehead atoms. The Labute approximate surface area is 185 Å². The summed E-state index contributed by atoms with van der Waals surface area (Å²) in [6.07, 6.45) is 0. The molecule has 2 amide bonds. The van der Waals surface area contributed by atoms with Gasteiger partial charge in [0.2, 0.25) is 0 Å². The first-order valence-electron chi connectivity index (χ1n) is 10.1. The Morgan fingerprint density at radius 2 is 1.30 bits per heavy atom. The Hall–Kier alpha value is -4.66. The lowest BCUT2D eigenvalue weighted by Crippen LogP contribution is -2.49. The fourth-order valence-corrected chi connectivity index (χ4v) is 5.46. The first-order valence-corrected chi connectivity index (χ1v) is 10.1. The van der Waals surface area contributed by atoms with E-state index in [1.165, 1.54) is 24.3 Å². The van der Waals surface area contributed by atoms with Gasteiger partial charge in [-0.1, -0.05) is 48.5 Å². The summed E-state index contributed by atoms with van der Waals surface area (Å²) in [7, 11) is 0. The van der Waals surface area contributed by atoms with E-state index in [2.05, 4.69) is 0 Å². The molecule has 1 aliphatic heterocycles. The summed E-state index contributed by atoms with van der Waals surface area (Å²) in [5.74, 6) is -2.05. The Morgan fingerprint density at radius 1 is 0.758 bits per heavy atom. The Kier molecular flexibility index (Phi) is 3.58. The molecule has 0 atom stereocenters. The number of hydrogen-bond acceptors (Lipinski definition) is 6. The topological polar surface area (TPSA) is 124 Å². The van der Waals surface area contributed by atoms with E-state index >= 15 is 0 Å². The number of nitro benzene ring substituents is 1. The maximum Gasteiger partial charge on any atom is 0.303 e. The Morgan fingerprint density at radius 3 is 1.82 bits per heavy atom. The van der Waals surface area contributed by atoms with Crippen molar-refractivity contribution in [2.75, 3.05) is 4.90 Å². The number of benzene rings is 3. The monoisotopic (exact) mass is 439 g/mol. The number of amides is 2. The van der Waals surface area contributed by atoms with Crippen LogP contribution >= 0.6 is 0 Å². The average Bonchev–Trinajstić information content (AvgIpc) is 3.09. The molecular formula is C24H13N3O6. The van der Waals surface area contributed by atoms with Gasteiger partial charge in [0.15, 0.2) is 0 Å². The molecule has 0 aromatic heterocycles. The number of anilines is 1. The van der Waals surface area contributed by atoms with Crippen LogP contribution in [0.25, 0.3) is 0 Å². The van der Waals surface area contributed by atoms with E-state index in [-0.39, 0.29) is 22.5 Å². The van der Waals surface area contributed by atoms with E-state index in [1.807, 2.05) is 0 Å². The second kappa shape index (κ2) is 6.19. The number of non-ortho nitro benzene ring substituents is 1. The third-order valence-corrected chi connectivity index (χ3v) is 6.69. The van der Waals surface area contributed by atoms with Crippen LogP contribution in [0, 0.1) is 20.2 Å². The van der Waals surface area contributed by atoms with Gasteiger partial charge in [-0.05, 0) is 23.3 Å². The molecule has 9 nitrogen and oxygen atoms in total. The van der Waals surface area contributed by atoms with Crippen LogP contribution < -0.4 is 4.90 Å².